The van der Waals surface area contributed by atoms with Crippen LogP contribution in [0.5, 0.6) is 0 Å². The molecule has 0 amide bonds. The number of nitrogens with zero attached hydrogens (tertiary/aromatic N) is 1. The number of ether oxygens (including phenoxy) is 1. The van der Waals surface area contributed by atoms with Gasteiger partial charge in [0.2, 0.25) is 0 Å². The van der Waals surface area contributed by atoms with E-state index in [1.54, 1.807) is 7.11 Å². The molecular formula is C14H19BrN2O. The lowest BCUT2D eigenvalue weighted by Crippen LogP contribution is -2.33. The standard InChI is InChI=1S/C14H19BrN2O/c1-9-5-6-12(16)17(9)13-10(2)11(18-4)7-8-14(13,3)15/h5-8,13H,16H2,1-4H3. The molecule has 2 rings (SSSR count). The molecule has 1 aromatic rings. The summed E-state index contributed by atoms with van der Waals surface area (Å²) < 4.78 is 7.40. The quantitative estimate of drug-likeness (QED) is 0.848. The minimum absolute atomic E-state index is 0.118. The molecule has 4 heteroatoms. The molecule has 1 aliphatic rings. The van der Waals surface area contributed by atoms with Crippen LogP contribution in [0.1, 0.15) is 25.6 Å². The van der Waals surface area contributed by atoms with Crippen molar-refractivity contribution in [3.63, 3.8) is 0 Å². The smallest absolute Gasteiger partial charge is 0.119 e. The van der Waals surface area contributed by atoms with Crippen LogP contribution >= 0.6 is 15.9 Å². The molecule has 0 spiro atoms. The first-order valence-electron chi connectivity index (χ1n) is 5.94. The van der Waals surface area contributed by atoms with E-state index in [9.17, 15) is 0 Å². The summed E-state index contributed by atoms with van der Waals surface area (Å²) in [5, 5.41) is 0. The second-order valence-corrected chi connectivity index (χ2v) is 6.62. The number of allylic oxidation sites excluding steroid dienone is 3. The summed E-state index contributed by atoms with van der Waals surface area (Å²) in [6.45, 7) is 6.30. The maximum Gasteiger partial charge on any atom is 0.119 e. The van der Waals surface area contributed by atoms with Crippen molar-refractivity contribution in [2.45, 2.75) is 31.1 Å². The van der Waals surface area contributed by atoms with E-state index in [4.69, 9.17) is 10.5 Å². The number of hydrogen-bond donors (Lipinski definition) is 1. The van der Waals surface area contributed by atoms with Crippen molar-refractivity contribution in [1.29, 1.82) is 0 Å². The average Bonchev–Trinajstić information content (AvgIpc) is 2.60. The zero-order chi connectivity index (χ0) is 13.5. The fraction of sp³-hybridized carbons (Fsp3) is 0.429. The number of aryl methyl sites for hydroxylation is 1. The SMILES string of the molecule is COC1=C(C)C(n2c(C)ccc2N)C(C)(Br)C=C1. The lowest BCUT2D eigenvalue weighted by atomic mass is 9.89. The summed E-state index contributed by atoms with van der Waals surface area (Å²) in [7, 11) is 1.70. The van der Waals surface area contributed by atoms with Gasteiger partial charge in [0.05, 0.1) is 17.5 Å². The van der Waals surface area contributed by atoms with E-state index >= 15 is 0 Å². The normalized spacial score (nSPS) is 27.7. The van der Waals surface area contributed by atoms with E-state index < -0.39 is 0 Å². The fourth-order valence-corrected chi connectivity index (χ4v) is 3.30. The van der Waals surface area contributed by atoms with Crippen molar-refractivity contribution < 1.29 is 4.74 Å². The molecule has 2 unspecified atom stereocenters. The highest BCUT2D eigenvalue weighted by Crippen LogP contribution is 2.44. The number of nitrogens with two attached hydrogens (primary N) is 1. The third kappa shape index (κ3) is 1.99. The zero-order valence-electron chi connectivity index (χ0n) is 11.2. The van der Waals surface area contributed by atoms with Gasteiger partial charge in [0.1, 0.15) is 11.6 Å². The molecule has 0 saturated heterocycles. The van der Waals surface area contributed by atoms with Gasteiger partial charge in [0, 0.05) is 5.69 Å². The van der Waals surface area contributed by atoms with Crippen molar-refractivity contribution in [1.82, 2.24) is 4.57 Å². The number of methoxy groups -OCH3 is 1. The molecule has 0 aromatic carbocycles. The van der Waals surface area contributed by atoms with Gasteiger partial charge in [0.25, 0.3) is 0 Å². The van der Waals surface area contributed by atoms with Gasteiger partial charge in [-0.2, -0.15) is 0 Å². The van der Waals surface area contributed by atoms with Gasteiger partial charge in [-0.1, -0.05) is 22.0 Å². The lowest BCUT2D eigenvalue weighted by Gasteiger charge is -2.37. The summed E-state index contributed by atoms with van der Waals surface area (Å²) in [5.41, 5.74) is 8.42. The Hall–Kier alpha value is -1.16. The molecule has 1 aromatic heterocycles. The number of hydrogen-bond acceptors (Lipinski definition) is 2. The lowest BCUT2D eigenvalue weighted by molar-refractivity contribution is 0.289. The Labute approximate surface area is 116 Å². The van der Waals surface area contributed by atoms with E-state index in [0.29, 0.717) is 0 Å². The Balaban J connectivity index is 2.60. The molecule has 1 aliphatic carbocycles. The van der Waals surface area contributed by atoms with Gasteiger partial charge in [0.15, 0.2) is 0 Å². The Morgan fingerprint density at radius 2 is 2.06 bits per heavy atom. The summed E-state index contributed by atoms with van der Waals surface area (Å²) in [4.78, 5) is 0. The second-order valence-electron chi connectivity index (χ2n) is 4.91. The largest absolute Gasteiger partial charge is 0.497 e. The molecule has 98 valence electrons. The molecule has 18 heavy (non-hydrogen) atoms. The number of halogens is 1. The number of rotatable bonds is 2. The first-order valence-corrected chi connectivity index (χ1v) is 6.74. The van der Waals surface area contributed by atoms with Crippen LogP contribution in [-0.2, 0) is 4.74 Å². The van der Waals surface area contributed by atoms with Gasteiger partial charge in [-0.15, -0.1) is 0 Å². The van der Waals surface area contributed by atoms with Crippen LogP contribution in [0.25, 0.3) is 0 Å². The van der Waals surface area contributed by atoms with Crippen molar-refractivity contribution in [3.8, 4) is 0 Å². The Morgan fingerprint density at radius 1 is 1.39 bits per heavy atom. The van der Waals surface area contributed by atoms with Crippen molar-refractivity contribution >= 4 is 21.7 Å². The van der Waals surface area contributed by atoms with Gasteiger partial charge in [-0.05, 0) is 44.6 Å². The van der Waals surface area contributed by atoms with Crippen LogP contribution < -0.4 is 5.73 Å². The highest BCUT2D eigenvalue weighted by molar-refractivity contribution is 9.10. The summed E-state index contributed by atoms with van der Waals surface area (Å²) >= 11 is 3.79. The molecule has 3 nitrogen and oxygen atoms in total. The molecule has 0 radical (unpaired) electrons. The highest BCUT2D eigenvalue weighted by atomic mass is 79.9. The molecule has 0 fully saturated rings. The van der Waals surface area contributed by atoms with E-state index in [1.165, 1.54) is 5.57 Å². The molecule has 2 N–H and O–H groups in total. The average molecular weight is 311 g/mol. The van der Waals surface area contributed by atoms with E-state index in [0.717, 1.165) is 17.3 Å². The monoisotopic (exact) mass is 310 g/mol. The van der Waals surface area contributed by atoms with Crippen molar-refractivity contribution in [2.75, 3.05) is 12.8 Å². The predicted molar refractivity (Wildman–Crippen MR) is 78.8 cm³/mol. The van der Waals surface area contributed by atoms with E-state index in [2.05, 4.69) is 47.3 Å². The number of alkyl halides is 1. The van der Waals surface area contributed by atoms with Gasteiger partial charge < -0.3 is 15.0 Å². The first-order chi connectivity index (χ1) is 8.38. The van der Waals surface area contributed by atoms with Crippen LogP contribution in [-0.4, -0.2) is 16.0 Å². The molecular weight excluding hydrogens is 292 g/mol. The van der Waals surface area contributed by atoms with Gasteiger partial charge in [-0.3, -0.25) is 0 Å². The van der Waals surface area contributed by atoms with Crippen LogP contribution in [0, 0.1) is 6.92 Å². The zero-order valence-corrected chi connectivity index (χ0v) is 12.8. The molecule has 0 saturated carbocycles. The maximum absolute atomic E-state index is 6.10. The van der Waals surface area contributed by atoms with E-state index in [-0.39, 0.29) is 10.4 Å². The number of anilines is 1. The van der Waals surface area contributed by atoms with Crippen molar-refractivity contribution in [3.05, 3.63) is 41.3 Å². The minimum Gasteiger partial charge on any atom is -0.497 e. The predicted octanol–water partition coefficient (Wildman–Crippen LogP) is 3.56. The van der Waals surface area contributed by atoms with Gasteiger partial charge >= 0.3 is 0 Å². The van der Waals surface area contributed by atoms with Crippen LogP contribution in [0.15, 0.2) is 35.6 Å². The number of aromatic nitrogens is 1. The molecule has 0 aliphatic heterocycles. The van der Waals surface area contributed by atoms with Crippen LogP contribution in [0.4, 0.5) is 5.82 Å². The Bertz CT molecular complexity index is 506. The fourth-order valence-electron chi connectivity index (χ4n) is 2.62. The Morgan fingerprint density at radius 3 is 2.56 bits per heavy atom. The second kappa shape index (κ2) is 4.50. The topological polar surface area (TPSA) is 40.2 Å². The van der Waals surface area contributed by atoms with E-state index in [1.807, 2.05) is 18.2 Å². The van der Waals surface area contributed by atoms with Crippen LogP contribution in [0.3, 0.4) is 0 Å². The third-order valence-corrected chi connectivity index (χ3v) is 4.22. The number of nitrogen functional groups attached to an aromatic ring is 1. The third-order valence-electron chi connectivity index (χ3n) is 3.53. The maximum atomic E-state index is 6.10. The van der Waals surface area contributed by atoms with Crippen molar-refractivity contribution in [2.24, 2.45) is 0 Å². The minimum atomic E-state index is -0.170. The summed E-state index contributed by atoms with van der Waals surface area (Å²) in [5.74, 6) is 1.68. The van der Waals surface area contributed by atoms with Gasteiger partial charge in [-0.25, -0.2) is 0 Å². The first kappa shape index (κ1) is 13.3. The highest BCUT2D eigenvalue weighted by Gasteiger charge is 2.37. The molecule has 2 atom stereocenters. The molecule has 1 heterocycles. The Kier molecular flexibility index (Phi) is 3.32. The molecule has 0 bridgehead atoms. The van der Waals surface area contributed by atoms with Crippen LogP contribution in [0.2, 0.25) is 0 Å². The summed E-state index contributed by atoms with van der Waals surface area (Å²) in [6, 6.07) is 4.10. The summed E-state index contributed by atoms with van der Waals surface area (Å²) in [6.07, 6.45) is 4.12.